The Balaban J connectivity index is 0.000000162. The largest absolute Gasteiger partial charge is 0.364 e. The second kappa shape index (κ2) is 14.8. The van der Waals surface area contributed by atoms with Crippen LogP contribution in [0.4, 0.5) is 17.6 Å². The molecule has 0 aliphatic heterocycles. The van der Waals surface area contributed by atoms with Gasteiger partial charge in [0.2, 0.25) is 0 Å². The fourth-order valence-corrected chi connectivity index (χ4v) is 5.30. The molecule has 52 heavy (non-hydrogen) atoms. The first-order valence-corrected chi connectivity index (χ1v) is 16.0. The number of nitrogens with zero attached hydrogens (tertiary/aromatic N) is 8. The van der Waals surface area contributed by atoms with Crippen molar-refractivity contribution in [3.63, 3.8) is 0 Å². The van der Waals surface area contributed by atoms with Crippen molar-refractivity contribution in [2.75, 3.05) is 0 Å². The molecule has 2 aromatic carbocycles. The maximum atomic E-state index is 14.0. The van der Waals surface area contributed by atoms with Crippen LogP contribution in [-0.4, -0.2) is 49.8 Å². The van der Waals surface area contributed by atoms with Crippen LogP contribution in [0.3, 0.4) is 0 Å². The summed E-state index contributed by atoms with van der Waals surface area (Å²) in [4.78, 5) is 13.3. The molecule has 0 saturated carbocycles. The van der Waals surface area contributed by atoms with Crippen molar-refractivity contribution in [1.29, 1.82) is 0 Å². The molecule has 8 rings (SSSR count). The van der Waals surface area contributed by atoms with Crippen LogP contribution >= 0.6 is 24.4 Å². The zero-order valence-electron chi connectivity index (χ0n) is 26.4. The van der Waals surface area contributed by atoms with Gasteiger partial charge >= 0.3 is 0 Å². The average Bonchev–Trinajstić information content (AvgIpc) is 3.97. The molecule has 0 amide bonds. The number of halogens is 4. The Morgan fingerprint density at radius 2 is 0.981 bits per heavy atom. The normalized spacial score (nSPS) is 11.0. The molecule has 0 radical (unpaired) electrons. The summed E-state index contributed by atoms with van der Waals surface area (Å²) in [6.45, 7) is 0.355. The lowest BCUT2D eigenvalue weighted by Gasteiger charge is -2.06. The minimum Gasteiger partial charge on any atom is -0.364 e. The zero-order valence-corrected chi connectivity index (χ0v) is 28.0. The predicted molar refractivity (Wildman–Crippen MR) is 183 cm³/mol. The number of hydrogen-bond acceptors (Lipinski definition) is 10. The molecule has 0 aliphatic rings. The molecule has 2 N–H and O–H groups in total. The van der Waals surface area contributed by atoms with E-state index in [0.29, 0.717) is 56.9 Å². The Kier molecular flexibility index (Phi) is 9.72. The number of H-pyrrole nitrogens is 2. The minimum absolute atomic E-state index is 0.0679. The Hall–Kier alpha value is -6.40. The highest BCUT2D eigenvalue weighted by Gasteiger charge is 2.18. The maximum absolute atomic E-state index is 14.0. The molecule has 260 valence electrons. The summed E-state index contributed by atoms with van der Waals surface area (Å²) in [6.07, 6.45) is 4.91. The first-order valence-electron chi connectivity index (χ1n) is 15.2. The van der Waals surface area contributed by atoms with Crippen molar-refractivity contribution < 1.29 is 26.6 Å². The Labute approximate surface area is 300 Å². The molecule has 12 nitrogen and oxygen atoms in total. The van der Waals surface area contributed by atoms with E-state index in [9.17, 15) is 17.6 Å². The first kappa shape index (κ1) is 34.1. The molecule has 8 aromatic rings. The number of aromatic amines is 2. The van der Waals surface area contributed by atoms with Gasteiger partial charge in [-0.15, -0.1) is 0 Å². The quantitative estimate of drug-likeness (QED) is 0.116. The molecule has 6 aromatic heterocycles. The Morgan fingerprint density at radius 3 is 1.35 bits per heavy atom. The number of rotatable bonds is 8. The second-order valence-corrected chi connectivity index (χ2v) is 11.7. The van der Waals surface area contributed by atoms with Gasteiger partial charge in [-0.05, 0) is 24.3 Å². The lowest BCUT2D eigenvalue weighted by molar-refractivity contribution is 0.421. The fourth-order valence-electron chi connectivity index (χ4n) is 5.00. The maximum Gasteiger partial charge on any atom is 0.176 e. The molecule has 18 heteroatoms. The van der Waals surface area contributed by atoms with Gasteiger partial charge < -0.3 is 19.0 Å². The molecule has 0 unspecified atom stereocenters. The summed E-state index contributed by atoms with van der Waals surface area (Å²) in [6, 6.07) is 19.6. The van der Waals surface area contributed by atoms with Crippen LogP contribution in [-0.2, 0) is 13.1 Å². The number of nitrogens with one attached hydrogen (secondary N) is 2. The summed E-state index contributed by atoms with van der Waals surface area (Å²) in [5.41, 5.74) is 4.03. The molecular weight excluding hydrogens is 721 g/mol. The number of aromatic nitrogens is 10. The van der Waals surface area contributed by atoms with E-state index in [1.807, 2.05) is 0 Å². The van der Waals surface area contributed by atoms with Crippen LogP contribution < -0.4 is 0 Å². The van der Waals surface area contributed by atoms with Gasteiger partial charge in [-0.1, -0.05) is 71.1 Å². The molecule has 6 heterocycles. The third-order valence-corrected chi connectivity index (χ3v) is 8.11. The van der Waals surface area contributed by atoms with Crippen LogP contribution in [0.5, 0.6) is 0 Å². The SMILES string of the molecule is Fc1ccccc1Cn1nc(-c2ncc(F)c(=S)[nH]2)cc1-c1ccon1.Fc1ccccc1Cn1nc(-c2ncc(F)c(=S)[nH]2)cc1-c1ccon1. The van der Waals surface area contributed by atoms with Crippen molar-refractivity contribution in [2.24, 2.45) is 0 Å². The molecular formula is C34H22F4N10O2S2. The van der Waals surface area contributed by atoms with Crippen LogP contribution in [0.1, 0.15) is 11.1 Å². The highest BCUT2D eigenvalue weighted by atomic mass is 32.1. The first-order chi connectivity index (χ1) is 25.2. The summed E-state index contributed by atoms with van der Waals surface area (Å²) >= 11 is 9.80. The minimum atomic E-state index is -0.619. The summed E-state index contributed by atoms with van der Waals surface area (Å²) in [5, 5.41) is 16.7. The molecule has 0 fully saturated rings. The monoisotopic (exact) mass is 742 g/mol. The zero-order chi connectivity index (χ0) is 36.2. The van der Waals surface area contributed by atoms with E-state index in [2.05, 4.69) is 40.4 Å². The van der Waals surface area contributed by atoms with Gasteiger partial charge in [-0.25, -0.2) is 27.5 Å². The van der Waals surface area contributed by atoms with Crippen molar-refractivity contribution in [2.45, 2.75) is 13.1 Å². The Bertz CT molecular complexity index is 2420. The third kappa shape index (κ3) is 7.37. The predicted octanol–water partition coefficient (Wildman–Crippen LogP) is 7.97. The highest BCUT2D eigenvalue weighted by Crippen LogP contribution is 2.26. The van der Waals surface area contributed by atoms with E-state index in [4.69, 9.17) is 33.5 Å². The topological polar surface area (TPSA) is 145 Å². The second-order valence-electron chi connectivity index (χ2n) is 10.9. The molecule has 0 aliphatic carbocycles. The smallest absolute Gasteiger partial charge is 0.176 e. The molecule has 0 spiro atoms. The van der Waals surface area contributed by atoms with Crippen LogP contribution in [0, 0.1) is 32.6 Å². The Morgan fingerprint density at radius 1 is 0.558 bits per heavy atom. The van der Waals surface area contributed by atoms with Crippen LogP contribution in [0.25, 0.3) is 45.8 Å². The lowest BCUT2D eigenvalue weighted by Crippen LogP contribution is -2.06. The van der Waals surface area contributed by atoms with Crippen molar-refractivity contribution >= 4 is 24.4 Å². The fraction of sp³-hybridized carbons (Fsp3) is 0.0588. The van der Waals surface area contributed by atoms with Gasteiger partial charge in [0.05, 0.1) is 36.9 Å². The summed E-state index contributed by atoms with van der Waals surface area (Å²) < 4.78 is 67.6. The van der Waals surface area contributed by atoms with Gasteiger partial charge in [0.25, 0.3) is 0 Å². The van der Waals surface area contributed by atoms with E-state index in [-0.39, 0.29) is 34.0 Å². The standard InChI is InChI=1S/2C17H11F2N5OS/c2*18-11-4-2-1-3-10(11)9-24-15(13-5-6-25-23-13)7-14(22-24)16-20-8-12(19)17(26)21-16/h2*1-8H,9H2,(H,20,21,26). The van der Waals surface area contributed by atoms with Gasteiger partial charge in [0.1, 0.15) is 56.2 Å². The molecule has 0 atom stereocenters. The number of hydrogen-bond donors (Lipinski definition) is 2. The van der Waals surface area contributed by atoms with Crippen molar-refractivity contribution in [3.05, 3.63) is 141 Å². The molecule has 0 bridgehead atoms. The van der Waals surface area contributed by atoms with E-state index < -0.39 is 11.6 Å². The summed E-state index contributed by atoms with van der Waals surface area (Å²) in [7, 11) is 0. The molecule has 0 saturated heterocycles. The van der Waals surface area contributed by atoms with Gasteiger partial charge in [-0.2, -0.15) is 10.2 Å². The van der Waals surface area contributed by atoms with Gasteiger partial charge in [0.15, 0.2) is 23.3 Å². The lowest BCUT2D eigenvalue weighted by atomic mass is 10.2. The van der Waals surface area contributed by atoms with E-state index >= 15 is 0 Å². The average molecular weight is 743 g/mol. The van der Waals surface area contributed by atoms with Crippen molar-refractivity contribution in [3.8, 4) is 45.8 Å². The van der Waals surface area contributed by atoms with Gasteiger partial charge in [-0.3, -0.25) is 9.36 Å². The van der Waals surface area contributed by atoms with Gasteiger partial charge in [0, 0.05) is 23.3 Å². The number of benzene rings is 2. The van der Waals surface area contributed by atoms with E-state index in [1.54, 1.807) is 70.0 Å². The van der Waals surface area contributed by atoms with Crippen molar-refractivity contribution in [1.82, 2.24) is 49.8 Å². The third-order valence-electron chi connectivity index (χ3n) is 7.51. The van der Waals surface area contributed by atoms with E-state index in [1.165, 1.54) is 24.7 Å². The van der Waals surface area contributed by atoms with Crippen LogP contribution in [0.2, 0.25) is 0 Å². The van der Waals surface area contributed by atoms with E-state index in [0.717, 1.165) is 12.4 Å². The van der Waals surface area contributed by atoms with Crippen LogP contribution in [0.15, 0.2) is 107 Å². The highest BCUT2D eigenvalue weighted by molar-refractivity contribution is 7.71. The summed E-state index contributed by atoms with van der Waals surface area (Å²) in [5.74, 6) is -1.32.